The summed E-state index contributed by atoms with van der Waals surface area (Å²) in [6.07, 6.45) is -1.11. The van der Waals surface area contributed by atoms with Gasteiger partial charge < -0.3 is 15.2 Å². The van der Waals surface area contributed by atoms with Gasteiger partial charge >= 0.3 is 6.61 Å². The number of aliphatic hydroxyl groups is 1. The van der Waals surface area contributed by atoms with Gasteiger partial charge in [0.15, 0.2) is 0 Å². The molecule has 0 radical (unpaired) electrons. The highest BCUT2D eigenvalue weighted by Crippen LogP contribution is 2.21. The molecule has 0 aliphatic carbocycles. The number of alkyl halides is 2. The molecule has 0 aliphatic heterocycles. The number of ether oxygens (including phenoxy) is 1. The fourth-order valence-electron chi connectivity index (χ4n) is 1.91. The Morgan fingerprint density at radius 1 is 1.13 bits per heavy atom. The van der Waals surface area contributed by atoms with Gasteiger partial charge in [0.2, 0.25) is 5.91 Å². The highest BCUT2D eigenvalue weighted by Gasteiger charge is 2.13. The molecule has 2 aromatic carbocycles. The number of nitrogens with one attached hydrogen (secondary N) is 1. The number of benzene rings is 2. The second-order valence-electron chi connectivity index (χ2n) is 4.72. The molecule has 7 heteroatoms. The molecule has 0 fully saturated rings. The van der Waals surface area contributed by atoms with Gasteiger partial charge in [0.25, 0.3) is 0 Å². The van der Waals surface area contributed by atoms with Gasteiger partial charge in [-0.05, 0) is 42.0 Å². The van der Waals surface area contributed by atoms with Gasteiger partial charge in [-0.3, -0.25) is 4.79 Å². The second kappa shape index (κ2) is 7.89. The lowest BCUT2D eigenvalue weighted by molar-refractivity contribution is -0.118. The van der Waals surface area contributed by atoms with E-state index in [-0.39, 0.29) is 12.2 Å². The van der Waals surface area contributed by atoms with E-state index in [0.717, 1.165) is 0 Å². The van der Waals surface area contributed by atoms with E-state index in [1.807, 2.05) is 0 Å². The number of hydrogen-bond acceptors (Lipinski definition) is 3. The van der Waals surface area contributed by atoms with Crippen molar-refractivity contribution in [2.45, 2.75) is 19.1 Å². The molecule has 0 bridgehead atoms. The van der Waals surface area contributed by atoms with E-state index in [1.165, 1.54) is 24.3 Å². The number of aliphatic hydroxyl groups excluding tert-OH is 1. The van der Waals surface area contributed by atoms with Gasteiger partial charge in [-0.15, -0.1) is 0 Å². The predicted octanol–water partition coefficient (Wildman–Crippen LogP) is 4.00. The molecule has 0 spiro atoms. The lowest BCUT2D eigenvalue weighted by Crippen LogP contribution is -2.15. The number of hydrogen-bond donors (Lipinski definition) is 2. The van der Waals surface area contributed by atoms with Crippen molar-refractivity contribution in [3.63, 3.8) is 0 Å². The summed E-state index contributed by atoms with van der Waals surface area (Å²) < 4.78 is 28.3. The molecule has 4 nitrogen and oxygen atoms in total. The minimum atomic E-state index is -2.90. The molecule has 1 atom stereocenters. The predicted molar refractivity (Wildman–Crippen MR) is 82.7 cm³/mol. The van der Waals surface area contributed by atoms with Crippen molar-refractivity contribution >= 4 is 23.2 Å². The standard InChI is InChI=1S/C16H14ClF2NO3/c17-11-3-1-10(2-4-11)14(21)9-15(22)20-12-5-7-13(8-6-12)23-16(18)19/h1-8,14,16,21H,9H2,(H,20,22). The molecule has 23 heavy (non-hydrogen) atoms. The number of anilines is 1. The SMILES string of the molecule is O=C(CC(O)c1ccc(Cl)cc1)Nc1ccc(OC(F)F)cc1. The van der Waals surface area contributed by atoms with Crippen LogP contribution in [0.1, 0.15) is 18.1 Å². The van der Waals surface area contributed by atoms with Crippen LogP contribution in [-0.2, 0) is 4.79 Å². The quantitative estimate of drug-likeness (QED) is 0.834. The monoisotopic (exact) mass is 341 g/mol. The fourth-order valence-corrected chi connectivity index (χ4v) is 2.04. The first-order chi connectivity index (χ1) is 10.9. The van der Waals surface area contributed by atoms with Crippen LogP contribution >= 0.6 is 11.6 Å². The Labute approximate surface area is 136 Å². The molecule has 1 amide bonds. The number of amides is 1. The van der Waals surface area contributed by atoms with Crippen LogP contribution in [0.4, 0.5) is 14.5 Å². The molecule has 122 valence electrons. The zero-order valence-corrected chi connectivity index (χ0v) is 12.6. The molecule has 0 aromatic heterocycles. The molecule has 0 saturated carbocycles. The highest BCUT2D eigenvalue weighted by atomic mass is 35.5. The molecule has 0 heterocycles. The average molecular weight is 342 g/mol. The van der Waals surface area contributed by atoms with E-state index in [4.69, 9.17) is 11.6 Å². The first-order valence-corrected chi connectivity index (χ1v) is 7.10. The number of rotatable bonds is 6. The Kier molecular flexibility index (Phi) is 5.90. The van der Waals surface area contributed by atoms with E-state index in [9.17, 15) is 18.7 Å². The lowest BCUT2D eigenvalue weighted by Gasteiger charge is -2.12. The second-order valence-corrected chi connectivity index (χ2v) is 5.16. The highest BCUT2D eigenvalue weighted by molar-refractivity contribution is 6.30. The minimum Gasteiger partial charge on any atom is -0.435 e. The number of carbonyl (C=O) groups excluding carboxylic acids is 1. The van der Waals surface area contributed by atoms with E-state index in [0.29, 0.717) is 16.3 Å². The maximum Gasteiger partial charge on any atom is 0.387 e. The van der Waals surface area contributed by atoms with Crippen LogP contribution in [-0.4, -0.2) is 17.6 Å². The third kappa shape index (κ3) is 5.50. The third-order valence-electron chi connectivity index (χ3n) is 3.00. The first kappa shape index (κ1) is 17.2. The van der Waals surface area contributed by atoms with Gasteiger partial charge in [0, 0.05) is 10.7 Å². The summed E-state index contributed by atoms with van der Waals surface area (Å²) in [6.45, 7) is -2.90. The number of halogens is 3. The molecule has 2 rings (SSSR count). The number of carbonyl (C=O) groups is 1. The largest absolute Gasteiger partial charge is 0.435 e. The molecule has 2 N–H and O–H groups in total. The summed E-state index contributed by atoms with van der Waals surface area (Å²) in [7, 11) is 0. The lowest BCUT2D eigenvalue weighted by atomic mass is 10.1. The van der Waals surface area contributed by atoms with Crippen molar-refractivity contribution in [2.75, 3.05) is 5.32 Å². The van der Waals surface area contributed by atoms with E-state index in [1.54, 1.807) is 24.3 Å². The zero-order valence-electron chi connectivity index (χ0n) is 11.9. The molecule has 2 aromatic rings. The summed E-state index contributed by atoms with van der Waals surface area (Å²) in [5.41, 5.74) is 0.991. The summed E-state index contributed by atoms with van der Waals surface area (Å²) >= 11 is 5.76. The molecule has 0 saturated heterocycles. The molecule has 0 aliphatic rings. The normalized spacial score (nSPS) is 12.0. The minimum absolute atomic E-state index is 0.000743. The maximum atomic E-state index is 12.0. The van der Waals surface area contributed by atoms with E-state index < -0.39 is 18.6 Å². The average Bonchev–Trinajstić information content (AvgIpc) is 2.49. The Morgan fingerprint density at radius 3 is 2.30 bits per heavy atom. The Morgan fingerprint density at radius 2 is 1.74 bits per heavy atom. The topological polar surface area (TPSA) is 58.6 Å². The summed E-state index contributed by atoms with van der Waals surface area (Å²) in [4.78, 5) is 11.9. The first-order valence-electron chi connectivity index (χ1n) is 6.72. The third-order valence-corrected chi connectivity index (χ3v) is 3.25. The van der Waals surface area contributed by atoms with Gasteiger partial charge in [0.1, 0.15) is 5.75 Å². The Hall–Kier alpha value is -2.18. The van der Waals surface area contributed by atoms with Crippen LogP contribution in [0.25, 0.3) is 0 Å². The summed E-state index contributed by atoms with van der Waals surface area (Å²) in [5.74, 6) is -0.408. The van der Waals surface area contributed by atoms with E-state index in [2.05, 4.69) is 10.1 Å². The van der Waals surface area contributed by atoms with Crippen molar-refractivity contribution in [2.24, 2.45) is 0 Å². The summed E-state index contributed by atoms with van der Waals surface area (Å²) in [5, 5.41) is 13.1. The summed E-state index contributed by atoms with van der Waals surface area (Å²) in [6, 6.07) is 12.0. The molecular weight excluding hydrogens is 328 g/mol. The maximum absolute atomic E-state index is 12.0. The van der Waals surface area contributed by atoms with Crippen molar-refractivity contribution in [3.05, 3.63) is 59.1 Å². The van der Waals surface area contributed by atoms with Gasteiger partial charge in [0.05, 0.1) is 12.5 Å². The van der Waals surface area contributed by atoms with Gasteiger partial charge in [-0.2, -0.15) is 8.78 Å². The van der Waals surface area contributed by atoms with Crippen molar-refractivity contribution in [1.82, 2.24) is 0 Å². The fraction of sp³-hybridized carbons (Fsp3) is 0.188. The molecule has 1 unspecified atom stereocenters. The van der Waals surface area contributed by atoms with Crippen LogP contribution in [0, 0.1) is 0 Å². The van der Waals surface area contributed by atoms with Crippen LogP contribution in [0.3, 0.4) is 0 Å². The van der Waals surface area contributed by atoms with Crippen LogP contribution in [0.5, 0.6) is 5.75 Å². The van der Waals surface area contributed by atoms with Crippen LogP contribution in [0.15, 0.2) is 48.5 Å². The molecular formula is C16H14ClF2NO3. The Balaban J connectivity index is 1.90. The Bertz CT molecular complexity index is 647. The smallest absolute Gasteiger partial charge is 0.387 e. The van der Waals surface area contributed by atoms with Crippen LogP contribution < -0.4 is 10.1 Å². The van der Waals surface area contributed by atoms with Crippen LogP contribution in [0.2, 0.25) is 5.02 Å². The van der Waals surface area contributed by atoms with Crippen molar-refractivity contribution < 1.29 is 23.4 Å². The zero-order chi connectivity index (χ0) is 16.8. The van der Waals surface area contributed by atoms with E-state index >= 15 is 0 Å². The van der Waals surface area contributed by atoms with Gasteiger partial charge in [-0.25, -0.2) is 0 Å². The van der Waals surface area contributed by atoms with Gasteiger partial charge in [-0.1, -0.05) is 23.7 Å². The van der Waals surface area contributed by atoms with Crippen molar-refractivity contribution in [3.8, 4) is 5.75 Å². The van der Waals surface area contributed by atoms with Crippen molar-refractivity contribution in [1.29, 1.82) is 0 Å².